The highest BCUT2D eigenvalue weighted by Gasteiger charge is 2.22. The summed E-state index contributed by atoms with van der Waals surface area (Å²) in [6.07, 6.45) is 2.01. The predicted octanol–water partition coefficient (Wildman–Crippen LogP) is 1.46. The van der Waals surface area contributed by atoms with E-state index in [2.05, 4.69) is 10.2 Å². The lowest BCUT2D eigenvalue weighted by Crippen LogP contribution is -3.15. The number of rotatable bonds is 5. The van der Waals surface area contributed by atoms with E-state index in [-0.39, 0.29) is 11.7 Å². The number of carbonyl (C=O) groups is 1. The van der Waals surface area contributed by atoms with Gasteiger partial charge >= 0.3 is 0 Å². The van der Waals surface area contributed by atoms with E-state index < -0.39 is 0 Å². The van der Waals surface area contributed by atoms with Gasteiger partial charge in [-0.15, -0.1) is 11.8 Å². The van der Waals surface area contributed by atoms with Crippen LogP contribution in [-0.4, -0.2) is 50.0 Å². The Morgan fingerprint density at radius 3 is 2.52 bits per heavy atom. The number of benzene rings is 2. The van der Waals surface area contributed by atoms with E-state index in [1.54, 1.807) is 23.9 Å². The Balaban J connectivity index is 1.50. The molecule has 0 spiro atoms. The van der Waals surface area contributed by atoms with Gasteiger partial charge in [-0.3, -0.25) is 4.79 Å². The minimum absolute atomic E-state index is 0.0644. The van der Waals surface area contributed by atoms with Crippen molar-refractivity contribution < 1.29 is 14.8 Å². The van der Waals surface area contributed by atoms with Gasteiger partial charge in [-0.25, -0.2) is 0 Å². The van der Waals surface area contributed by atoms with Crippen molar-refractivity contribution in [3.8, 4) is 5.75 Å². The van der Waals surface area contributed by atoms with E-state index in [1.165, 1.54) is 4.90 Å². The summed E-state index contributed by atoms with van der Waals surface area (Å²) in [5.41, 5.74) is 2.01. The number of hydrogen-bond donors (Lipinski definition) is 3. The van der Waals surface area contributed by atoms with Crippen molar-refractivity contribution in [1.82, 2.24) is 0 Å². The molecule has 0 radical (unpaired) electrons. The Hall–Kier alpha value is -2.18. The molecule has 1 aliphatic heterocycles. The van der Waals surface area contributed by atoms with Crippen LogP contribution in [0.15, 0.2) is 53.4 Å². The molecule has 5 nitrogen and oxygen atoms in total. The smallest absolute Gasteiger partial charge is 0.279 e. The summed E-state index contributed by atoms with van der Waals surface area (Å²) in [5.74, 6) is 0.352. The lowest BCUT2D eigenvalue weighted by atomic mass is 10.2. The molecular formula is C19H24N3O2S+. The van der Waals surface area contributed by atoms with Crippen LogP contribution in [0.4, 0.5) is 11.4 Å². The summed E-state index contributed by atoms with van der Waals surface area (Å²) < 4.78 is 0. The number of nitrogens with zero attached hydrogens (tertiary/aromatic N) is 1. The summed E-state index contributed by atoms with van der Waals surface area (Å²) in [5, 5.41) is 12.4. The zero-order valence-corrected chi connectivity index (χ0v) is 15.2. The number of carbonyl (C=O) groups excluding carboxylic acids is 1. The van der Waals surface area contributed by atoms with Gasteiger partial charge in [-0.1, -0.05) is 12.1 Å². The van der Waals surface area contributed by atoms with E-state index in [0.717, 1.165) is 42.4 Å². The summed E-state index contributed by atoms with van der Waals surface area (Å²) in [6, 6.07) is 15.2. The van der Waals surface area contributed by atoms with Crippen LogP contribution in [-0.2, 0) is 4.79 Å². The third-order valence-electron chi connectivity index (χ3n) is 4.48. The molecule has 0 bridgehead atoms. The highest BCUT2D eigenvalue weighted by Crippen LogP contribution is 2.24. The van der Waals surface area contributed by atoms with Crippen LogP contribution in [0.25, 0.3) is 0 Å². The molecule has 0 aromatic heterocycles. The summed E-state index contributed by atoms with van der Waals surface area (Å²) in [6.45, 7) is 4.17. The molecule has 3 rings (SSSR count). The first-order chi connectivity index (χ1) is 12.2. The minimum atomic E-state index is 0.0644. The van der Waals surface area contributed by atoms with Crippen molar-refractivity contribution in [2.75, 3.05) is 49.2 Å². The average molecular weight is 358 g/mol. The van der Waals surface area contributed by atoms with E-state index in [0.29, 0.717) is 6.54 Å². The molecular weight excluding hydrogens is 334 g/mol. The molecule has 2 aromatic carbocycles. The Bertz CT molecular complexity index is 713. The van der Waals surface area contributed by atoms with Crippen molar-refractivity contribution in [2.24, 2.45) is 0 Å². The fourth-order valence-corrected chi connectivity index (χ4v) is 3.64. The molecule has 0 aliphatic carbocycles. The molecule has 25 heavy (non-hydrogen) atoms. The molecule has 3 N–H and O–H groups in total. The van der Waals surface area contributed by atoms with Gasteiger partial charge in [0.25, 0.3) is 5.91 Å². The SMILES string of the molecule is CSc1ccccc1NC(=O)C[NH+]1CCN(c2ccc(O)cc2)CC1. The summed E-state index contributed by atoms with van der Waals surface area (Å²) in [4.78, 5) is 17.0. The predicted molar refractivity (Wildman–Crippen MR) is 103 cm³/mol. The minimum Gasteiger partial charge on any atom is -0.508 e. The monoisotopic (exact) mass is 358 g/mol. The van der Waals surface area contributed by atoms with Gasteiger partial charge in [0.15, 0.2) is 6.54 Å². The molecule has 0 unspecified atom stereocenters. The third kappa shape index (κ3) is 4.67. The van der Waals surface area contributed by atoms with Gasteiger partial charge in [0, 0.05) is 10.6 Å². The Kier molecular flexibility index (Phi) is 5.83. The Labute approximate surface area is 152 Å². The molecule has 1 amide bonds. The molecule has 1 saturated heterocycles. The van der Waals surface area contributed by atoms with Gasteiger partial charge in [0.2, 0.25) is 0 Å². The number of anilines is 2. The topological polar surface area (TPSA) is 57.0 Å². The number of para-hydroxylation sites is 1. The lowest BCUT2D eigenvalue weighted by Gasteiger charge is -2.33. The molecule has 1 fully saturated rings. The Morgan fingerprint density at radius 1 is 1.16 bits per heavy atom. The van der Waals surface area contributed by atoms with Gasteiger partial charge in [-0.05, 0) is 42.7 Å². The van der Waals surface area contributed by atoms with Crippen LogP contribution in [0.5, 0.6) is 5.75 Å². The van der Waals surface area contributed by atoms with Crippen molar-refractivity contribution in [3.05, 3.63) is 48.5 Å². The van der Waals surface area contributed by atoms with E-state index in [1.807, 2.05) is 42.7 Å². The zero-order chi connectivity index (χ0) is 17.6. The van der Waals surface area contributed by atoms with Crippen LogP contribution in [0.1, 0.15) is 0 Å². The van der Waals surface area contributed by atoms with Crippen molar-refractivity contribution in [1.29, 1.82) is 0 Å². The maximum atomic E-state index is 12.4. The van der Waals surface area contributed by atoms with Crippen LogP contribution in [0.3, 0.4) is 0 Å². The first kappa shape index (κ1) is 17.6. The Morgan fingerprint density at radius 2 is 1.84 bits per heavy atom. The first-order valence-electron chi connectivity index (χ1n) is 8.46. The molecule has 1 aliphatic rings. The van der Waals surface area contributed by atoms with Gasteiger partial charge in [-0.2, -0.15) is 0 Å². The third-order valence-corrected chi connectivity index (χ3v) is 5.27. The van der Waals surface area contributed by atoms with Crippen LogP contribution < -0.4 is 15.1 Å². The largest absolute Gasteiger partial charge is 0.508 e. The maximum Gasteiger partial charge on any atom is 0.279 e. The van der Waals surface area contributed by atoms with Crippen LogP contribution in [0.2, 0.25) is 0 Å². The van der Waals surface area contributed by atoms with E-state index in [4.69, 9.17) is 0 Å². The highest BCUT2D eigenvalue weighted by molar-refractivity contribution is 7.98. The van der Waals surface area contributed by atoms with E-state index >= 15 is 0 Å². The number of hydrogen-bond acceptors (Lipinski definition) is 4. The summed E-state index contributed by atoms with van der Waals surface area (Å²) in [7, 11) is 0. The number of piperazine rings is 1. The van der Waals surface area contributed by atoms with Crippen LogP contribution >= 0.6 is 11.8 Å². The fourth-order valence-electron chi connectivity index (χ4n) is 3.09. The molecule has 0 atom stereocenters. The zero-order valence-electron chi connectivity index (χ0n) is 14.4. The molecule has 2 aromatic rings. The highest BCUT2D eigenvalue weighted by atomic mass is 32.2. The van der Waals surface area contributed by atoms with Gasteiger partial charge in [0.05, 0.1) is 31.9 Å². The molecule has 132 valence electrons. The average Bonchev–Trinajstić information content (AvgIpc) is 2.63. The number of aromatic hydroxyl groups is 1. The maximum absolute atomic E-state index is 12.4. The van der Waals surface area contributed by atoms with Gasteiger partial charge in [0.1, 0.15) is 5.75 Å². The fraction of sp³-hybridized carbons (Fsp3) is 0.316. The number of amides is 1. The van der Waals surface area contributed by atoms with Crippen molar-refractivity contribution in [3.63, 3.8) is 0 Å². The number of phenolic OH excluding ortho intramolecular Hbond substituents is 1. The number of phenols is 1. The first-order valence-corrected chi connectivity index (χ1v) is 9.68. The second-order valence-corrected chi connectivity index (χ2v) is 7.03. The molecule has 1 heterocycles. The second-order valence-electron chi connectivity index (χ2n) is 6.18. The number of quaternary nitrogens is 1. The standard InChI is InChI=1S/C19H23N3O2S/c1-25-18-5-3-2-4-17(18)20-19(24)14-21-10-12-22(13-11-21)15-6-8-16(23)9-7-15/h2-9,23H,10-14H2,1H3,(H,20,24)/p+1. The second kappa shape index (κ2) is 8.27. The molecule has 6 heteroatoms. The van der Waals surface area contributed by atoms with Crippen LogP contribution in [0, 0.1) is 0 Å². The summed E-state index contributed by atoms with van der Waals surface area (Å²) >= 11 is 1.64. The van der Waals surface area contributed by atoms with Crippen molar-refractivity contribution >= 4 is 29.0 Å². The quantitative estimate of drug-likeness (QED) is 0.709. The lowest BCUT2D eigenvalue weighted by molar-refractivity contribution is -0.892. The van der Waals surface area contributed by atoms with E-state index in [9.17, 15) is 9.90 Å². The van der Waals surface area contributed by atoms with Gasteiger partial charge < -0.3 is 20.2 Å². The molecule has 0 saturated carbocycles. The normalized spacial score (nSPS) is 15.2. The number of nitrogens with one attached hydrogen (secondary N) is 2. The number of thioether (sulfide) groups is 1. The van der Waals surface area contributed by atoms with Crippen molar-refractivity contribution in [2.45, 2.75) is 4.90 Å².